The number of benzene rings is 1. The van der Waals surface area contributed by atoms with E-state index in [2.05, 4.69) is 15.0 Å². The second-order valence-electron chi connectivity index (χ2n) is 6.84. The van der Waals surface area contributed by atoms with Gasteiger partial charge in [0.05, 0.1) is 28.5 Å². The second kappa shape index (κ2) is 7.47. The third-order valence-corrected chi connectivity index (χ3v) is 6.64. The van der Waals surface area contributed by atoms with Crippen molar-refractivity contribution in [2.24, 2.45) is 0 Å². The topological polar surface area (TPSA) is 120 Å². The molecule has 0 aliphatic heterocycles. The Morgan fingerprint density at radius 2 is 1.80 bits per heavy atom. The van der Waals surface area contributed by atoms with E-state index in [1.54, 1.807) is 42.9 Å². The van der Waals surface area contributed by atoms with Gasteiger partial charge in [-0.25, -0.2) is 27.7 Å². The number of nitrogen functional groups attached to an aromatic ring is 1. The second-order valence-corrected chi connectivity index (χ2v) is 9.00. The van der Waals surface area contributed by atoms with Crippen LogP contribution < -0.4 is 5.73 Å². The van der Waals surface area contributed by atoms with Crippen molar-refractivity contribution in [3.63, 3.8) is 0 Å². The quantitative estimate of drug-likeness (QED) is 0.523. The molecule has 10 heteroatoms. The van der Waals surface area contributed by atoms with E-state index < -0.39 is 10.0 Å². The summed E-state index contributed by atoms with van der Waals surface area (Å²) in [6, 6.07) is 8.40. The highest BCUT2D eigenvalue weighted by Gasteiger charge is 2.19. The summed E-state index contributed by atoms with van der Waals surface area (Å²) in [5.74, 6) is 0.877. The molecule has 9 nitrogen and oxygen atoms in total. The van der Waals surface area contributed by atoms with E-state index in [-0.39, 0.29) is 10.7 Å². The molecule has 0 saturated carbocycles. The molecule has 0 atom stereocenters. The van der Waals surface area contributed by atoms with Crippen LogP contribution in [0.2, 0.25) is 0 Å². The molecule has 30 heavy (non-hydrogen) atoms. The molecule has 4 aromatic rings. The molecule has 3 aromatic heterocycles. The number of sulfonamides is 1. The molecular formula is C20H21N7O2S. The standard InChI is InChI=1S/C20H21N7O2S/c1-4-27-17-9-10-22-11-16(17)25-20(27)18-19(21)23-12-15(24-18)13-5-7-14(8-6-13)30(28,29)26(2)3/h5-12H,4H2,1-3H3,(H2,21,23). The van der Waals surface area contributed by atoms with Crippen molar-refractivity contribution in [3.05, 3.63) is 48.9 Å². The molecule has 0 aliphatic rings. The van der Waals surface area contributed by atoms with Crippen molar-refractivity contribution in [2.45, 2.75) is 18.4 Å². The van der Waals surface area contributed by atoms with Crippen LogP contribution in [-0.2, 0) is 16.6 Å². The van der Waals surface area contributed by atoms with Crippen molar-refractivity contribution in [1.82, 2.24) is 28.8 Å². The molecule has 0 bridgehead atoms. The van der Waals surface area contributed by atoms with Crippen molar-refractivity contribution in [2.75, 3.05) is 19.8 Å². The Hall–Kier alpha value is -3.37. The van der Waals surface area contributed by atoms with Gasteiger partial charge in [-0.05, 0) is 25.1 Å². The minimum absolute atomic E-state index is 0.208. The van der Waals surface area contributed by atoms with Gasteiger partial charge in [-0.15, -0.1) is 0 Å². The zero-order chi connectivity index (χ0) is 21.5. The molecular weight excluding hydrogens is 402 g/mol. The maximum absolute atomic E-state index is 12.3. The summed E-state index contributed by atoms with van der Waals surface area (Å²) in [5, 5.41) is 0. The Morgan fingerprint density at radius 1 is 1.07 bits per heavy atom. The van der Waals surface area contributed by atoms with Gasteiger partial charge in [-0.1, -0.05) is 12.1 Å². The third kappa shape index (κ3) is 3.29. The summed E-state index contributed by atoms with van der Waals surface area (Å²) >= 11 is 0. The lowest BCUT2D eigenvalue weighted by molar-refractivity contribution is 0.521. The number of imidazole rings is 1. The average molecular weight is 424 g/mol. The summed E-state index contributed by atoms with van der Waals surface area (Å²) in [5.41, 5.74) is 9.58. The number of hydrogen-bond donors (Lipinski definition) is 1. The first-order valence-corrected chi connectivity index (χ1v) is 10.7. The number of aryl methyl sites for hydroxylation is 1. The van der Waals surface area contributed by atoms with Crippen molar-refractivity contribution >= 4 is 26.9 Å². The number of hydrogen-bond acceptors (Lipinski definition) is 7. The van der Waals surface area contributed by atoms with Crippen LogP contribution in [-0.4, -0.2) is 51.3 Å². The van der Waals surface area contributed by atoms with Crippen LogP contribution >= 0.6 is 0 Å². The van der Waals surface area contributed by atoms with Gasteiger partial charge in [0.25, 0.3) is 0 Å². The molecule has 0 unspecified atom stereocenters. The largest absolute Gasteiger partial charge is 0.382 e. The lowest BCUT2D eigenvalue weighted by Crippen LogP contribution is -2.22. The van der Waals surface area contributed by atoms with Crippen LogP contribution in [0.5, 0.6) is 0 Å². The maximum Gasteiger partial charge on any atom is 0.242 e. The minimum Gasteiger partial charge on any atom is -0.382 e. The molecule has 154 valence electrons. The molecule has 0 fully saturated rings. The van der Waals surface area contributed by atoms with Crippen LogP contribution in [0.3, 0.4) is 0 Å². The summed E-state index contributed by atoms with van der Waals surface area (Å²) in [7, 11) is -0.507. The summed E-state index contributed by atoms with van der Waals surface area (Å²) < 4.78 is 27.8. The Morgan fingerprint density at radius 3 is 2.47 bits per heavy atom. The van der Waals surface area contributed by atoms with E-state index in [1.807, 2.05) is 17.6 Å². The van der Waals surface area contributed by atoms with E-state index in [9.17, 15) is 8.42 Å². The highest BCUT2D eigenvalue weighted by molar-refractivity contribution is 7.89. The number of anilines is 1. The van der Waals surface area contributed by atoms with Crippen molar-refractivity contribution in [1.29, 1.82) is 0 Å². The van der Waals surface area contributed by atoms with Gasteiger partial charge in [0, 0.05) is 32.4 Å². The van der Waals surface area contributed by atoms with Gasteiger partial charge in [0.1, 0.15) is 11.2 Å². The molecule has 3 heterocycles. The SMILES string of the molecule is CCn1c(-c2nc(-c3ccc(S(=O)(=O)N(C)C)cc3)cnc2N)nc2cnccc21. The van der Waals surface area contributed by atoms with E-state index in [4.69, 9.17) is 10.7 Å². The third-order valence-electron chi connectivity index (χ3n) is 4.81. The highest BCUT2D eigenvalue weighted by atomic mass is 32.2. The Balaban J connectivity index is 1.80. The number of pyridine rings is 1. The van der Waals surface area contributed by atoms with Crippen LogP contribution in [0.4, 0.5) is 5.82 Å². The van der Waals surface area contributed by atoms with Gasteiger partial charge in [-0.3, -0.25) is 4.98 Å². The van der Waals surface area contributed by atoms with Crippen LogP contribution in [0.25, 0.3) is 33.8 Å². The first kappa shape index (κ1) is 19.9. The van der Waals surface area contributed by atoms with Gasteiger partial charge >= 0.3 is 0 Å². The fourth-order valence-corrected chi connectivity index (χ4v) is 4.09. The number of rotatable bonds is 5. The Kier molecular flexibility index (Phi) is 4.96. The molecule has 0 spiro atoms. The number of aromatic nitrogens is 5. The molecule has 2 N–H and O–H groups in total. The zero-order valence-electron chi connectivity index (χ0n) is 16.8. The van der Waals surface area contributed by atoms with Gasteiger partial charge < -0.3 is 10.3 Å². The Labute approximate surface area is 174 Å². The minimum atomic E-state index is -3.50. The van der Waals surface area contributed by atoms with E-state index in [1.165, 1.54) is 18.4 Å². The first-order valence-electron chi connectivity index (χ1n) is 9.29. The molecule has 0 amide bonds. The van der Waals surface area contributed by atoms with E-state index in [0.717, 1.165) is 16.6 Å². The van der Waals surface area contributed by atoms with Gasteiger partial charge in [0.15, 0.2) is 11.6 Å². The lowest BCUT2D eigenvalue weighted by Gasteiger charge is -2.12. The lowest BCUT2D eigenvalue weighted by atomic mass is 10.1. The predicted octanol–water partition coefficient (Wildman–Crippen LogP) is 2.41. The van der Waals surface area contributed by atoms with Crippen molar-refractivity contribution in [3.8, 4) is 22.8 Å². The normalized spacial score (nSPS) is 12.0. The smallest absolute Gasteiger partial charge is 0.242 e. The van der Waals surface area contributed by atoms with Crippen LogP contribution in [0, 0.1) is 0 Å². The average Bonchev–Trinajstić information content (AvgIpc) is 3.12. The molecule has 1 aromatic carbocycles. The highest BCUT2D eigenvalue weighted by Crippen LogP contribution is 2.29. The number of fused-ring (bicyclic) bond motifs is 1. The maximum atomic E-state index is 12.3. The summed E-state index contributed by atoms with van der Waals surface area (Å²) in [4.78, 5) is 18.0. The summed E-state index contributed by atoms with van der Waals surface area (Å²) in [6.07, 6.45) is 4.98. The summed E-state index contributed by atoms with van der Waals surface area (Å²) in [6.45, 7) is 2.70. The molecule has 4 rings (SSSR count). The predicted molar refractivity (Wildman–Crippen MR) is 115 cm³/mol. The van der Waals surface area contributed by atoms with Crippen molar-refractivity contribution < 1.29 is 8.42 Å². The molecule has 0 radical (unpaired) electrons. The monoisotopic (exact) mass is 423 g/mol. The van der Waals surface area contributed by atoms with Gasteiger partial charge in [-0.2, -0.15) is 0 Å². The van der Waals surface area contributed by atoms with Gasteiger partial charge in [0.2, 0.25) is 10.0 Å². The van der Waals surface area contributed by atoms with E-state index >= 15 is 0 Å². The number of nitrogens with zero attached hydrogens (tertiary/aromatic N) is 6. The Bertz CT molecular complexity index is 1330. The van der Waals surface area contributed by atoms with E-state index in [0.29, 0.717) is 23.8 Å². The first-order chi connectivity index (χ1) is 14.3. The molecule has 0 aliphatic carbocycles. The van der Waals surface area contributed by atoms with Crippen LogP contribution in [0.15, 0.2) is 53.8 Å². The number of nitrogens with two attached hydrogens (primary N) is 1. The zero-order valence-corrected chi connectivity index (χ0v) is 17.6. The fraction of sp³-hybridized carbons (Fsp3) is 0.200. The molecule has 0 saturated heterocycles. The van der Waals surface area contributed by atoms with Crippen LogP contribution in [0.1, 0.15) is 6.92 Å². The fourth-order valence-electron chi connectivity index (χ4n) is 3.19.